The molecule has 21 heavy (non-hydrogen) atoms. The molecule has 1 heterocycles. The van der Waals surface area contributed by atoms with Crippen molar-refractivity contribution in [2.45, 2.75) is 44.2 Å². The molecule has 1 amide bonds. The lowest BCUT2D eigenvalue weighted by atomic mass is 9.85. The molecule has 0 spiro atoms. The van der Waals surface area contributed by atoms with Gasteiger partial charge in [-0.15, -0.1) is 0 Å². The van der Waals surface area contributed by atoms with Gasteiger partial charge in [-0.2, -0.15) is 5.26 Å². The predicted octanol–water partition coefficient (Wildman–Crippen LogP) is 3.18. The van der Waals surface area contributed by atoms with Gasteiger partial charge in [-0.3, -0.25) is 4.79 Å². The second-order valence-corrected chi connectivity index (χ2v) is 6.81. The first-order chi connectivity index (χ1) is 10.2. The average Bonchev–Trinajstić information content (AvgIpc) is 2.93. The van der Waals surface area contributed by atoms with Crippen LogP contribution in [0.1, 0.15) is 37.7 Å². The van der Waals surface area contributed by atoms with Crippen LogP contribution in [0, 0.1) is 17.2 Å². The number of nitrogens with zero attached hydrogens (tertiary/aromatic N) is 1. The number of carbonyl (C=O) groups is 1. The Kier molecular flexibility index (Phi) is 4.27. The maximum absolute atomic E-state index is 12.4. The number of benzene rings is 1. The lowest BCUT2D eigenvalue weighted by molar-refractivity contribution is -0.117. The highest BCUT2D eigenvalue weighted by atomic mass is 79.9. The van der Waals surface area contributed by atoms with Crippen molar-refractivity contribution in [1.29, 1.82) is 5.26 Å². The van der Waals surface area contributed by atoms with E-state index in [0.29, 0.717) is 23.2 Å². The van der Waals surface area contributed by atoms with E-state index >= 15 is 0 Å². The van der Waals surface area contributed by atoms with Gasteiger partial charge in [0.2, 0.25) is 5.91 Å². The summed E-state index contributed by atoms with van der Waals surface area (Å²) in [5, 5.41) is 15.5. The van der Waals surface area contributed by atoms with E-state index in [-0.39, 0.29) is 11.9 Å². The normalized spacial score (nSPS) is 27.7. The van der Waals surface area contributed by atoms with E-state index in [1.807, 2.05) is 6.07 Å². The molecule has 1 saturated carbocycles. The van der Waals surface area contributed by atoms with E-state index in [4.69, 9.17) is 5.26 Å². The lowest BCUT2D eigenvalue weighted by Gasteiger charge is -2.24. The van der Waals surface area contributed by atoms with E-state index in [9.17, 15) is 4.79 Å². The number of carbonyl (C=O) groups excluding carboxylic acids is 1. The fraction of sp³-hybridized carbons (Fsp3) is 0.500. The lowest BCUT2D eigenvalue weighted by Crippen LogP contribution is -2.40. The summed E-state index contributed by atoms with van der Waals surface area (Å²) in [6.07, 6.45) is 5.85. The Morgan fingerprint density at radius 2 is 2.19 bits per heavy atom. The van der Waals surface area contributed by atoms with Gasteiger partial charge in [0.15, 0.2) is 0 Å². The molecular weight excluding hydrogens is 330 g/mol. The van der Waals surface area contributed by atoms with Gasteiger partial charge >= 0.3 is 0 Å². The molecule has 1 aromatic rings. The second-order valence-electron chi connectivity index (χ2n) is 5.90. The van der Waals surface area contributed by atoms with Crippen LogP contribution in [-0.2, 0) is 4.79 Å². The molecule has 1 aromatic carbocycles. The summed E-state index contributed by atoms with van der Waals surface area (Å²) in [5.41, 5.74) is 1.07. The fourth-order valence-corrected chi connectivity index (χ4v) is 3.82. The molecule has 3 atom stereocenters. The van der Waals surface area contributed by atoms with Gasteiger partial charge in [-0.05, 0) is 43.4 Å². The molecule has 2 N–H and O–H groups in total. The standard InChI is InChI=1S/C16H18BrN3O/c17-12-5-6-14(11(7-12)9-18)20-16(21)15-8-10-3-1-2-4-13(10)19-15/h5-7,10,13,15,19H,1-4,8H2,(H,20,21). The average molecular weight is 348 g/mol. The van der Waals surface area contributed by atoms with Gasteiger partial charge in [0, 0.05) is 10.5 Å². The van der Waals surface area contributed by atoms with Crippen molar-refractivity contribution in [3.63, 3.8) is 0 Å². The van der Waals surface area contributed by atoms with E-state index < -0.39 is 0 Å². The summed E-state index contributed by atoms with van der Waals surface area (Å²) in [6, 6.07) is 7.80. The van der Waals surface area contributed by atoms with E-state index in [2.05, 4.69) is 32.6 Å². The van der Waals surface area contributed by atoms with Gasteiger partial charge in [0.25, 0.3) is 0 Å². The highest BCUT2D eigenvalue weighted by Gasteiger charge is 2.38. The molecule has 0 bridgehead atoms. The molecule has 1 saturated heterocycles. The number of amides is 1. The molecule has 0 radical (unpaired) electrons. The topological polar surface area (TPSA) is 64.9 Å². The molecule has 3 rings (SSSR count). The summed E-state index contributed by atoms with van der Waals surface area (Å²) in [7, 11) is 0. The van der Waals surface area contributed by atoms with Crippen LogP contribution in [0.5, 0.6) is 0 Å². The zero-order chi connectivity index (χ0) is 14.8. The summed E-state index contributed by atoms with van der Waals surface area (Å²) in [6.45, 7) is 0. The first-order valence-corrected chi connectivity index (χ1v) is 8.23. The maximum Gasteiger partial charge on any atom is 0.241 e. The first kappa shape index (κ1) is 14.6. The van der Waals surface area contributed by atoms with Crippen LogP contribution in [0.3, 0.4) is 0 Å². The smallest absolute Gasteiger partial charge is 0.241 e. The van der Waals surface area contributed by atoms with Gasteiger partial charge in [0.05, 0.1) is 17.3 Å². The summed E-state index contributed by atoms with van der Waals surface area (Å²) in [5.74, 6) is 0.609. The highest BCUT2D eigenvalue weighted by molar-refractivity contribution is 9.10. The Morgan fingerprint density at radius 1 is 1.38 bits per heavy atom. The second kappa shape index (κ2) is 6.17. The van der Waals surface area contributed by atoms with E-state index in [1.165, 1.54) is 25.7 Å². The third kappa shape index (κ3) is 3.12. The van der Waals surface area contributed by atoms with E-state index in [1.54, 1.807) is 12.1 Å². The molecular formula is C16H18BrN3O. The Hall–Kier alpha value is -1.38. The van der Waals surface area contributed by atoms with Crippen molar-refractivity contribution in [3.8, 4) is 6.07 Å². The molecule has 2 aliphatic rings. The van der Waals surface area contributed by atoms with Gasteiger partial charge in [-0.1, -0.05) is 28.8 Å². The van der Waals surface area contributed by atoms with Crippen molar-refractivity contribution in [2.24, 2.45) is 5.92 Å². The number of halogens is 1. The van der Waals surface area contributed by atoms with Crippen molar-refractivity contribution in [1.82, 2.24) is 5.32 Å². The fourth-order valence-electron chi connectivity index (χ4n) is 3.46. The Morgan fingerprint density at radius 3 is 2.95 bits per heavy atom. The van der Waals surface area contributed by atoms with Crippen molar-refractivity contribution in [3.05, 3.63) is 28.2 Å². The van der Waals surface area contributed by atoms with Crippen LogP contribution in [0.4, 0.5) is 5.69 Å². The minimum absolute atomic E-state index is 0.0248. The van der Waals surface area contributed by atoms with Crippen LogP contribution in [0.25, 0.3) is 0 Å². The number of nitrogens with one attached hydrogen (secondary N) is 2. The number of hydrogen-bond donors (Lipinski definition) is 2. The predicted molar refractivity (Wildman–Crippen MR) is 84.8 cm³/mol. The van der Waals surface area contributed by atoms with Crippen LogP contribution in [0.2, 0.25) is 0 Å². The molecule has 1 aliphatic carbocycles. The number of nitriles is 1. The summed E-state index contributed by atoms with van der Waals surface area (Å²) in [4.78, 5) is 12.4. The molecule has 2 fully saturated rings. The van der Waals surface area contributed by atoms with Crippen LogP contribution >= 0.6 is 15.9 Å². The Labute approximate surface area is 133 Å². The quantitative estimate of drug-likeness (QED) is 0.863. The van der Waals surface area contributed by atoms with Crippen LogP contribution < -0.4 is 10.6 Å². The Bertz CT molecular complexity index is 582. The maximum atomic E-state index is 12.4. The van der Waals surface area contributed by atoms with Crippen LogP contribution in [-0.4, -0.2) is 18.0 Å². The van der Waals surface area contributed by atoms with Crippen LogP contribution in [0.15, 0.2) is 22.7 Å². The minimum atomic E-state index is -0.131. The van der Waals surface area contributed by atoms with Crippen molar-refractivity contribution in [2.75, 3.05) is 5.32 Å². The number of hydrogen-bond acceptors (Lipinski definition) is 3. The minimum Gasteiger partial charge on any atom is -0.324 e. The third-order valence-corrected chi connectivity index (χ3v) is 5.03. The zero-order valence-corrected chi connectivity index (χ0v) is 13.3. The highest BCUT2D eigenvalue weighted by Crippen LogP contribution is 2.33. The number of rotatable bonds is 2. The van der Waals surface area contributed by atoms with E-state index in [0.717, 1.165) is 10.9 Å². The SMILES string of the molecule is N#Cc1cc(Br)ccc1NC(=O)C1CC2CCCCC2N1. The number of anilines is 1. The summed E-state index contributed by atoms with van der Waals surface area (Å²) >= 11 is 3.33. The zero-order valence-electron chi connectivity index (χ0n) is 11.7. The monoisotopic (exact) mass is 347 g/mol. The van der Waals surface area contributed by atoms with Gasteiger partial charge in [0.1, 0.15) is 6.07 Å². The molecule has 4 nitrogen and oxygen atoms in total. The first-order valence-electron chi connectivity index (χ1n) is 7.44. The van der Waals surface area contributed by atoms with Crippen molar-refractivity contribution < 1.29 is 4.79 Å². The molecule has 0 aromatic heterocycles. The molecule has 110 valence electrons. The largest absolute Gasteiger partial charge is 0.324 e. The third-order valence-electron chi connectivity index (χ3n) is 4.54. The molecule has 1 aliphatic heterocycles. The van der Waals surface area contributed by atoms with Crippen molar-refractivity contribution >= 4 is 27.5 Å². The molecule has 3 unspecified atom stereocenters. The van der Waals surface area contributed by atoms with Gasteiger partial charge < -0.3 is 10.6 Å². The number of fused-ring (bicyclic) bond motifs is 1. The summed E-state index contributed by atoms with van der Waals surface area (Å²) < 4.78 is 0.835. The molecule has 5 heteroatoms. The van der Waals surface area contributed by atoms with Gasteiger partial charge in [-0.25, -0.2) is 0 Å². The Balaban J connectivity index is 1.68.